The monoisotopic (exact) mass is 257 g/mol. The predicted molar refractivity (Wildman–Crippen MR) is 70.3 cm³/mol. The second kappa shape index (κ2) is 6.04. The lowest BCUT2D eigenvalue weighted by molar-refractivity contribution is -0.142. The van der Waals surface area contributed by atoms with Crippen molar-refractivity contribution in [3.05, 3.63) is 42.0 Å². The highest BCUT2D eigenvalue weighted by molar-refractivity contribution is 5.72. The number of carbonyl (C=O) groups excluding carboxylic acids is 1. The van der Waals surface area contributed by atoms with Crippen LogP contribution in [0.2, 0.25) is 0 Å². The molecule has 0 saturated carbocycles. The van der Waals surface area contributed by atoms with Gasteiger partial charge in [0.25, 0.3) is 0 Å². The first-order chi connectivity index (χ1) is 9.19. The summed E-state index contributed by atoms with van der Waals surface area (Å²) in [6, 6.07) is 3.77. The molecular formula is C14H15N3O2. The summed E-state index contributed by atoms with van der Waals surface area (Å²) < 4.78 is 4.87. The maximum atomic E-state index is 11.3. The Hall–Kier alpha value is -2.30. The summed E-state index contributed by atoms with van der Waals surface area (Å²) in [7, 11) is 0. The number of carbonyl (C=O) groups is 1. The Balaban J connectivity index is 2.12. The summed E-state index contributed by atoms with van der Waals surface area (Å²) >= 11 is 0. The first-order valence-corrected chi connectivity index (χ1v) is 6.08. The third-order valence-electron chi connectivity index (χ3n) is 2.51. The number of ether oxygens (including phenoxy) is 1. The molecule has 0 fully saturated rings. The van der Waals surface area contributed by atoms with E-state index in [1.165, 1.54) is 0 Å². The van der Waals surface area contributed by atoms with Crippen molar-refractivity contribution in [1.82, 2.24) is 15.0 Å². The zero-order valence-corrected chi connectivity index (χ0v) is 11.0. The van der Waals surface area contributed by atoms with Crippen molar-refractivity contribution < 1.29 is 9.53 Å². The molecule has 0 atom stereocenters. The third-order valence-corrected chi connectivity index (χ3v) is 2.51. The van der Waals surface area contributed by atoms with Crippen LogP contribution in [0, 0.1) is 6.92 Å². The fourth-order valence-electron chi connectivity index (χ4n) is 1.66. The molecule has 0 unspecified atom stereocenters. The normalized spacial score (nSPS) is 10.2. The maximum Gasteiger partial charge on any atom is 0.310 e. The summed E-state index contributed by atoms with van der Waals surface area (Å²) in [5, 5.41) is 0. The molecule has 2 aromatic rings. The zero-order chi connectivity index (χ0) is 13.7. The standard InChI is InChI=1S/C14H15N3O2/c1-3-19-13(18)7-11-8-16-14(17-9-11)12-4-5-15-10(2)6-12/h4-6,8-9H,3,7H2,1-2H3. The fourth-order valence-corrected chi connectivity index (χ4v) is 1.66. The Labute approximate surface area is 111 Å². The van der Waals surface area contributed by atoms with Crippen molar-refractivity contribution >= 4 is 5.97 Å². The molecule has 0 N–H and O–H groups in total. The Morgan fingerprint density at radius 2 is 2.00 bits per heavy atom. The Morgan fingerprint density at radius 3 is 2.63 bits per heavy atom. The van der Waals surface area contributed by atoms with E-state index in [1.54, 1.807) is 25.5 Å². The molecule has 98 valence electrons. The smallest absolute Gasteiger partial charge is 0.310 e. The van der Waals surface area contributed by atoms with Gasteiger partial charge in [0, 0.05) is 29.8 Å². The van der Waals surface area contributed by atoms with Crippen LogP contribution >= 0.6 is 0 Å². The number of hydrogen-bond acceptors (Lipinski definition) is 5. The lowest BCUT2D eigenvalue weighted by atomic mass is 10.2. The van der Waals surface area contributed by atoms with Crippen molar-refractivity contribution in [3.8, 4) is 11.4 Å². The summed E-state index contributed by atoms with van der Waals surface area (Å²) in [4.78, 5) is 24.0. The molecule has 5 nitrogen and oxygen atoms in total. The van der Waals surface area contributed by atoms with Crippen LogP contribution in [0.1, 0.15) is 18.2 Å². The van der Waals surface area contributed by atoms with Crippen LogP contribution in [0.3, 0.4) is 0 Å². The third kappa shape index (κ3) is 3.58. The number of rotatable bonds is 4. The lowest BCUT2D eigenvalue weighted by Crippen LogP contribution is -2.08. The minimum absolute atomic E-state index is 0.198. The molecule has 0 aliphatic rings. The highest BCUT2D eigenvalue weighted by Crippen LogP contribution is 2.14. The van der Waals surface area contributed by atoms with Crippen molar-refractivity contribution in [2.24, 2.45) is 0 Å². The van der Waals surface area contributed by atoms with E-state index in [-0.39, 0.29) is 12.4 Å². The van der Waals surface area contributed by atoms with E-state index in [0.29, 0.717) is 12.4 Å². The van der Waals surface area contributed by atoms with Gasteiger partial charge in [-0.15, -0.1) is 0 Å². The van der Waals surface area contributed by atoms with Crippen molar-refractivity contribution in [3.63, 3.8) is 0 Å². The van der Waals surface area contributed by atoms with E-state index in [4.69, 9.17) is 4.74 Å². The van der Waals surface area contributed by atoms with Crippen LogP contribution < -0.4 is 0 Å². The highest BCUT2D eigenvalue weighted by Gasteiger charge is 2.06. The van der Waals surface area contributed by atoms with Gasteiger partial charge in [-0.2, -0.15) is 0 Å². The van der Waals surface area contributed by atoms with Gasteiger partial charge in [-0.25, -0.2) is 9.97 Å². The molecule has 0 saturated heterocycles. The maximum absolute atomic E-state index is 11.3. The summed E-state index contributed by atoms with van der Waals surface area (Å²) in [6.45, 7) is 4.08. The Kier molecular flexibility index (Phi) is 4.18. The number of esters is 1. The molecular weight excluding hydrogens is 242 g/mol. The number of pyridine rings is 1. The van der Waals surface area contributed by atoms with Gasteiger partial charge < -0.3 is 4.74 Å². The zero-order valence-electron chi connectivity index (χ0n) is 11.0. The lowest BCUT2D eigenvalue weighted by Gasteiger charge is -2.03. The van der Waals surface area contributed by atoms with Gasteiger partial charge in [0.05, 0.1) is 13.0 Å². The predicted octanol–water partition coefficient (Wildman–Crippen LogP) is 1.95. The first kappa shape index (κ1) is 13.1. The summed E-state index contributed by atoms with van der Waals surface area (Å²) in [6.07, 6.45) is 5.22. The summed E-state index contributed by atoms with van der Waals surface area (Å²) in [5.74, 6) is 0.358. The summed E-state index contributed by atoms with van der Waals surface area (Å²) in [5.41, 5.74) is 2.57. The molecule has 0 aromatic carbocycles. The largest absolute Gasteiger partial charge is 0.466 e. The molecule has 0 amide bonds. The van der Waals surface area contributed by atoms with Crippen molar-refractivity contribution in [1.29, 1.82) is 0 Å². The van der Waals surface area contributed by atoms with Gasteiger partial charge in [-0.05, 0) is 31.5 Å². The second-order valence-corrected chi connectivity index (χ2v) is 4.08. The average molecular weight is 257 g/mol. The van der Waals surface area contributed by atoms with Crippen LogP contribution in [-0.4, -0.2) is 27.5 Å². The van der Waals surface area contributed by atoms with Crippen molar-refractivity contribution in [2.45, 2.75) is 20.3 Å². The molecule has 0 radical (unpaired) electrons. The highest BCUT2D eigenvalue weighted by atomic mass is 16.5. The molecule has 0 spiro atoms. The van der Waals surface area contributed by atoms with Crippen LogP contribution in [0.4, 0.5) is 0 Å². The Morgan fingerprint density at radius 1 is 1.26 bits per heavy atom. The van der Waals surface area contributed by atoms with Gasteiger partial charge >= 0.3 is 5.97 Å². The SMILES string of the molecule is CCOC(=O)Cc1cnc(-c2ccnc(C)c2)nc1. The average Bonchev–Trinajstić information content (AvgIpc) is 2.40. The first-order valence-electron chi connectivity index (χ1n) is 6.08. The second-order valence-electron chi connectivity index (χ2n) is 4.08. The Bertz CT molecular complexity index is 567. The number of aryl methyl sites for hydroxylation is 1. The molecule has 0 aliphatic heterocycles. The minimum Gasteiger partial charge on any atom is -0.466 e. The molecule has 0 bridgehead atoms. The molecule has 5 heteroatoms. The van der Waals surface area contributed by atoms with Crippen LogP contribution in [0.25, 0.3) is 11.4 Å². The van der Waals surface area contributed by atoms with Gasteiger partial charge in [0.1, 0.15) is 0 Å². The van der Waals surface area contributed by atoms with Gasteiger partial charge in [-0.1, -0.05) is 0 Å². The topological polar surface area (TPSA) is 65.0 Å². The van der Waals surface area contributed by atoms with Gasteiger partial charge in [0.2, 0.25) is 0 Å². The van der Waals surface area contributed by atoms with Crippen LogP contribution in [0.5, 0.6) is 0 Å². The van der Waals surface area contributed by atoms with Crippen LogP contribution in [0.15, 0.2) is 30.7 Å². The number of aromatic nitrogens is 3. The van der Waals surface area contributed by atoms with E-state index in [0.717, 1.165) is 16.8 Å². The van der Waals surface area contributed by atoms with E-state index < -0.39 is 0 Å². The van der Waals surface area contributed by atoms with E-state index in [2.05, 4.69) is 15.0 Å². The molecule has 2 aromatic heterocycles. The van der Waals surface area contributed by atoms with Gasteiger partial charge in [-0.3, -0.25) is 9.78 Å². The quantitative estimate of drug-likeness (QED) is 0.783. The number of hydrogen-bond donors (Lipinski definition) is 0. The van der Waals surface area contributed by atoms with E-state index >= 15 is 0 Å². The number of nitrogens with zero attached hydrogens (tertiary/aromatic N) is 3. The molecule has 19 heavy (non-hydrogen) atoms. The fraction of sp³-hybridized carbons (Fsp3) is 0.286. The molecule has 2 rings (SSSR count). The van der Waals surface area contributed by atoms with Gasteiger partial charge in [0.15, 0.2) is 5.82 Å². The van der Waals surface area contributed by atoms with Crippen molar-refractivity contribution in [2.75, 3.05) is 6.61 Å². The molecule has 2 heterocycles. The minimum atomic E-state index is -0.265. The molecule has 0 aliphatic carbocycles. The van der Waals surface area contributed by atoms with Crippen LogP contribution in [-0.2, 0) is 16.0 Å². The van der Waals surface area contributed by atoms with E-state index in [1.807, 2.05) is 19.1 Å². The van der Waals surface area contributed by atoms with E-state index in [9.17, 15) is 4.79 Å².